The van der Waals surface area contributed by atoms with Crippen molar-refractivity contribution in [1.82, 2.24) is 10.3 Å². The first-order chi connectivity index (χ1) is 13.4. The highest BCUT2D eigenvalue weighted by Gasteiger charge is 2.11. The average molecular weight is 377 g/mol. The fourth-order valence-electron chi connectivity index (χ4n) is 3.02. The predicted octanol–water partition coefficient (Wildman–Crippen LogP) is 5.22. The molecule has 4 nitrogen and oxygen atoms in total. The first kappa shape index (κ1) is 19.9. The van der Waals surface area contributed by atoms with E-state index < -0.39 is 0 Å². The summed E-state index contributed by atoms with van der Waals surface area (Å²) in [6.07, 6.45) is 6.26. The minimum atomic E-state index is -0.0593. The second kappa shape index (κ2) is 8.89. The molecule has 0 aliphatic rings. The van der Waals surface area contributed by atoms with E-state index in [4.69, 9.17) is 4.74 Å². The van der Waals surface area contributed by atoms with E-state index >= 15 is 0 Å². The monoisotopic (exact) mass is 376 g/mol. The van der Waals surface area contributed by atoms with Crippen molar-refractivity contribution in [2.45, 2.75) is 32.7 Å². The number of carbonyl (C=O) groups is 1. The normalized spacial score (nSPS) is 12.0. The molecule has 0 saturated heterocycles. The van der Waals surface area contributed by atoms with Crippen LogP contribution in [0.1, 0.15) is 43.1 Å². The molecule has 0 amide bonds. The predicted molar refractivity (Wildman–Crippen MR) is 116 cm³/mol. The Bertz CT molecular complexity index is 964. The Morgan fingerprint density at radius 3 is 2.75 bits per heavy atom. The molecular formula is C24H28N2O2. The van der Waals surface area contributed by atoms with Gasteiger partial charge in [-0.2, -0.15) is 0 Å². The molecule has 0 atom stereocenters. The Balaban J connectivity index is 1.65. The van der Waals surface area contributed by atoms with Gasteiger partial charge in [-0.25, -0.2) is 0 Å². The van der Waals surface area contributed by atoms with Crippen molar-refractivity contribution in [2.24, 2.45) is 0 Å². The molecule has 0 fully saturated rings. The molecule has 0 aliphatic heterocycles. The third-order valence-corrected chi connectivity index (χ3v) is 4.43. The number of hydrogen-bond acceptors (Lipinski definition) is 3. The van der Waals surface area contributed by atoms with Crippen molar-refractivity contribution >= 4 is 22.8 Å². The number of carbonyl (C=O) groups excluding carboxylic acids is 1. The minimum Gasteiger partial charge on any atom is -0.493 e. The van der Waals surface area contributed by atoms with Crippen LogP contribution in [-0.4, -0.2) is 29.5 Å². The number of hydrogen-bond donors (Lipinski definition) is 2. The van der Waals surface area contributed by atoms with E-state index in [0.717, 1.165) is 29.4 Å². The van der Waals surface area contributed by atoms with Gasteiger partial charge in [0.1, 0.15) is 5.75 Å². The highest BCUT2D eigenvalue weighted by atomic mass is 16.5. The number of H-pyrrole nitrogens is 1. The molecule has 1 aromatic heterocycles. The van der Waals surface area contributed by atoms with Crippen LogP contribution in [0.25, 0.3) is 17.0 Å². The smallest absolute Gasteiger partial charge is 0.189 e. The van der Waals surface area contributed by atoms with Crippen molar-refractivity contribution < 1.29 is 9.53 Å². The molecule has 0 radical (unpaired) electrons. The fourth-order valence-corrected chi connectivity index (χ4v) is 3.02. The fraction of sp³-hybridized carbons (Fsp3) is 0.292. The van der Waals surface area contributed by atoms with Gasteiger partial charge in [0, 0.05) is 22.6 Å². The van der Waals surface area contributed by atoms with Crippen LogP contribution < -0.4 is 10.1 Å². The number of para-hydroxylation sites is 1. The van der Waals surface area contributed by atoms with E-state index in [2.05, 4.69) is 31.1 Å². The summed E-state index contributed by atoms with van der Waals surface area (Å²) < 4.78 is 5.88. The van der Waals surface area contributed by atoms with Gasteiger partial charge in [-0.15, -0.1) is 0 Å². The Morgan fingerprint density at radius 1 is 1.11 bits per heavy atom. The van der Waals surface area contributed by atoms with Crippen molar-refractivity contribution in [3.63, 3.8) is 0 Å². The van der Waals surface area contributed by atoms with Crippen molar-refractivity contribution in [3.8, 4) is 5.75 Å². The van der Waals surface area contributed by atoms with Crippen LogP contribution in [0, 0.1) is 0 Å². The van der Waals surface area contributed by atoms with Gasteiger partial charge in [0.2, 0.25) is 0 Å². The summed E-state index contributed by atoms with van der Waals surface area (Å²) in [7, 11) is 0. The molecule has 3 rings (SSSR count). The zero-order valence-electron chi connectivity index (χ0n) is 16.8. The maximum Gasteiger partial charge on any atom is 0.189 e. The number of benzene rings is 2. The Hall–Kier alpha value is -2.85. The summed E-state index contributed by atoms with van der Waals surface area (Å²) >= 11 is 0. The molecule has 2 aromatic carbocycles. The Morgan fingerprint density at radius 2 is 1.93 bits per heavy atom. The third-order valence-electron chi connectivity index (χ3n) is 4.43. The standard InChI is InChI=1S/C24H28N2O2/c1-24(2,3)26-15-7-17-28-23-11-5-4-9-20(23)22(27)13-12-18-8-6-10-21-19(18)14-16-25-21/h4-6,8-14,16,25-26H,7,15,17H2,1-3H3. The Kier molecular flexibility index (Phi) is 6.32. The van der Waals surface area contributed by atoms with Gasteiger partial charge in [0.05, 0.1) is 12.2 Å². The number of fused-ring (bicyclic) bond motifs is 1. The van der Waals surface area contributed by atoms with E-state index in [1.165, 1.54) is 0 Å². The van der Waals surface area contributed by atoms with E-state index in [1.54, 1.807) is 6.08 Å². The van der Waals surface area contributed by atoms with Crippen LogP contribution in [0.15, 0.2) is 60.8 Å². The first-order valence-corrected chi connectivity index (χ1v) is 9.69. The quantitative estimate of drug-likeness (QED) is 0.322. The SMILES string of the molecule is CC(C)(C)NCCCOc1ccccc1C(=O)C=Cc1cccc2[nH]ccc12. The lowest BCUT2D eigenvalue weighted by atomic mass is 10.1. The molecule has 3 aromatic rings. The van der Waals surface area contributed by atoms with Gasteiger partial charge in [0.25, 0.3) is 0 Å². The van der Waals surface area contributed by atoms with Gasteiger partial charge >= 0.3 is 0 Å². The van der Waals surface area contributed by atoms with E-state index in [0.29, 0.717) is 17.9 Å². The van der Waals surface area contributed by atoms with Crippen molar-refractivity contribution in [1.29, 1.82) is 0 Å². The van der Waals surface area contributed by atoms with Crippen LogP contribution in [0.3, 0.4) is 0 Å². The number of rotatable bonds is 8. The molecule has 4 heteroatoms. The average Bonchev–Trinajstić information content (AvgIpc) is 3.14. The van der Waals surface area contributed by atoms with Gasteiger partial charge in [-0.1, -0.05) is 30.3 Å². The number of aromatic amines is 1. The second-order valence-corrected chi connectivity index (χ2v) is 7.86. The highest BCUT2D eigenvalue weighted by Crippen LogP contribution is 2.22. The van der Waals surface area contributed by atoms with Crippen LogP contribution in [-0.2, 0) is 0 Å². The second-order valence-electron chi connectivity index (χ2n) is 7.86. The van der Waals surface area contributed by atoms with E-state index in [9.17, 15) is 4.79 Å². The van der Waals surface area contributed by atoms with Crippen LogP contribution in [0.4, 0.5) is 0 Å². The highest BCUT2D eigenvalue weighted by molar-refractivity contribution is 6.09. The molecule has 28 heavy (non-hydrogen) atoms. The zero-order valence-corrected chi connectivity index (χ0v) is 16.8. The van der Waals surface area contributed by atoms with Crippen LogP contribution in [0.2, 0.25) is 0 Å². The summed E-state index contributed by atoms with van der Waals surface area (Å²) in [5, 5.41) is 4.54. The zero-order chi connectivity index (χ0) is 20.0. The molecule has 146 valence electrons. The summed E-state index contributed by atoms with van der Waals surface area (Å²) in [6, 6.07) is 15.4. The Labute approximate surface area is 166 Å². The van der Waals surface area contributed by atoms with Gasteiger partial charge < -0.3 is 15.0 Å². The maximum absolute atomic E-state index is 12.7. The maximum atomic E-state index is 12.7. The topological polar surface area (TPSA) is 54.1 Å². The molecule has 0 spiro atoms. The summed E-state index contributed by atoms with van der Waals surface area (Å²) in [5.74, 6) is 0.573. The van der Waals surface area contributed by atoms with Gasteiger partial charge in [0.15, 0.2) is 5.78 Å². The molecule has 0 bridgehead atoms. The number of nitrogens with one attached hydrogen (secondary N) is 2. The first-order valence-electron chi connectivity index (χ1n) is 9.69. The molecular weight excluding hydrogens is 348 g/mol. The van der Waals surface area contributed by atoms with Crippen LogP contribution >= 0.6 is 0 Å². The largest absolute Gasteiger partial charge is 0.493 e. The molecule has 0 saturated carbocycles. The molecule has 0 unspecified atom stereocenters. The number of ether oxygens (including phenoxy) is 1. The number of aromatic nitrogens is 1. The molecule has 0 aliphatic carbocycles. The van der Waals surface area contributed by atoms with Gasteiger partial charge in [-0.05, 0) is 69.6 Å². The van der Waals surface area contributed by atoms with E-state index in [-0.39, 0.29) is 11.3 Å². The number of allylic oxidation sites excluding steroid dienone is 1. The van der Waals surface area contributed by atoms with Gasteiger partial charge in [-0.3, -0.25) is 4.79 Å². The van der Waals surface area contributed by atoms with E-state index in [1.807, 2.05) is 60.8 Å². The lowest BCUT2D eigenvalue weighted by molar-refractivity contribution is 0.104. The molecule has 1 heterocycles. The summed E-state index contributed by atoms with van der Waals surface area (Å²) in [4.78, 5) is 15.9. The molecule has 2 N–H and O–H groups in total. The summed E-state index contributed by atoms with van der Waals surface area (Å²) in [6.45, 7) is 7.87. The third kappa shape index (κ3) is 5.33. The van der Waals surface area contributed by atoms with Crippen molar-refractivity contribution in [2.75, 3.05) is 13.2 Å². The van der Waals surface area contributed by atoms with Crippen LogP contribution in [0.5, 0.6) is 5.75 Å². The minimum absolute atomic E-state index is 0.0593. The summed E-state index contributed by atoms with van der Waals surface area (Å²) in [5.41, 5.74) is 2.76. The van der Waals surface area contributed by atoms with Crippen molar-refractivity contribution in [3.05, 3.63) is 71.9 Å². The number of ketones is 1. The lowest BCUT2D eigenvalue weighted by Crippen LogP contribution is -2.36. The lowest BCUT2D eigenvalue weighted by Gasteiger charge is -2.20.